The summed E-state index contributed by atoms with van der Waals surface area (Å²) < 4.78 is 22.2. The Balaban J connectivity index is 2.86. The van der Waals surface area contributed by atoms with E-state index in [4.69, 9.17) is 18.9 Å². The molecule has 0 amide bonds. The molecule has 0 aromatic carbocycles. The summed E-state index contributed by atoms with van der Waals surface area (Å²) in [5.41, 5.74) is 0. The predicted molar refractivity (Wildman–Crippen MR) is 127 cm³/mol. The van der Waals surface area contributed by atoms with Gasteiger partial charge in [-0.15, -0.1) is 0 Å². The molecule has 0 heterocycles. The standard InChI is InChI=1S/C26H44O7/c1-5-8-9-12-21(28)15-16-23-22(13-10-11-14-26(29)31-7-3)25(33-20(4)27)19-24(23)32-18-17-30-6-2/h15-16,22-25H,5-14,17-19H2,1-4H3/b16-15+/t22-,23-,24-,25+/m1/s1. The van der Waals surface area contributed by atoms with Crippen LogP contribution in [0.4, 0.5) is 0 Å². The van der Waals surface area contributed by atoms with Gasteiger partial charge in [0.1, 0.15) is 6.10 Å². The molecule has 33 heavy (non-hydrogen) atoms. The Bertz CT molecular complexity index is 601. The highest BCUT2D eigenvalue weighted by Gasteiger charge is 2.44. The van der Waals surface area contributed by atoms with E-state index in [1.807, 2.05) is 13.0 Å². The van der Waals surface area contributed by atoms with Gasteiger partial charge in [0, 0.05) is 44.6 Å². The molecule has 0 aromatic heterocycles. The SMILES string of the molecule is CCCCCC(=O)/C=C/[C@@H]1[C@@H](CCCCC(=O)OCC)[C@@H](OC(C)=O)C[C@H]1OCCOCC. The Hall–Kier alpha value is -1.73. The number of hydrogen-bond acceptors (Lipinski definition) is 7. The number of allylic oxidation sites excluding steroid dienone is 1. The molecule has 0 saturated heterocycles. The summed E-state index contributed by atoms with van der Waals surface area (Å²) in [6, 6.07) is 0. The smallest absolute Gasteiger partial charge is 0.305 e. The van der Waals surface area contributed by atoms with Crippen molar-refractivity contribution >= 4 is 17.7 Å². The van der Waals surface area contributed by atoms with E-state index < -0.39 is 0 Å². The molecule has 0 aliphatic heterocycles. The van der Waals surface area contributed by atoms with Gasteiger partial charge in [0.05, 0.1) is 25.9 Å². The lowest BCUT2D eigenvalue weighted by molar-refractivity contribution is -0.148. The van der Waals surface area contributed by atoms with Crippen molar-refractivity contribution in [1.29, 1.82) is 0 Å². The summed E-state index contributed by atoms with van der Waals surface area (Å²) in [5, 5.41) is 0. The summed E-state index contributed by atoms with van der Waals surface area (Å²) in [5.74, 6) is -0.383. The molecule has 1 rings (SSSR count). The largest absolute Gasteiger partial charge is 0.466 e. The minimum absolute atomic E-state index is 0.0336. The third-order valence-electron chi connectivity index (χ3n) is 5.95. The van der Waals surface area contributed by atoms with E-state index in [9.17, 15) is 14.4 Å². The predicted octanol–water partition coefficient (Wildman–Crippen LogP) is 4.81. The molecule has 190 valence electrons. The summed E-state index contributed by atoms with van der Waals surface area (Å²) in [4.78, 5) is 35.8. The number of ketones is 1. The van der Waals surface area contributed by atoms with E-state index in [1.54, 1.807) is 13.0 Å². The number of rotatable bonds is 18. The molecule has 1 fully saturated rings. The highest BCUT2D eigenvalue weighted by molar-refractivity contribution is 5.89. The van der Waals surface area contributed by atoms with Crippen LogP contribution in [0.1, 0.15) is 85.5 Å². The molecule has 1 aliphatic carbocycles. The van der Waals surface area contributed by atoms with Crippen molar-refractivity contribution in [3.8, 4) is 0 Å². The summed E-state index contributed by atoms with van der Waals surface area (Å²) in [7, 11) is 0. The van der Waals surface area contributed by atoms with Crippen LogP contribution in [0.25, 0.3) is 0 Å². The number of ether oxygens (including phenoxy) is 4. The maximum atomic E-state index is 12.4. The second-order valence-electron chi connectivity index (χ2n) is 8.56. The van der Waals surface area contributed by atoms with Gasteiger partial charge in [-0.05, 0) is 39.2 Å². The Morgan fingerprint density at radius 2 is 1.67 bits per heavy atom. The van der Waals surface area contributed by atoms with Crippen LogP contribution in [-0.4, -0.2) is 56.4 Å². The molecule has 4 atom stereocenters. The third-order valence-corrected chi connectivity index (χ3v) is 5.95. The first-order valence-corrected chi connectivity index (χ1v) is 12.7. The number of esters is 2. The van der Waals surface area contributed by atoms with Gasteiger partial charge >= 0.3 is 11.9 Å². The fourth-order valence-corrected chi connectivity index (χ4v) is 4.39. The van der Waals surface area contributed by atoms with E-state index >= 15 is 0 Å². The molecule has 0 N–H and O–H groups in total. The summed E-state index contributed by atoms with van der Waals surface area (Å²) >= 11 is 0. The molecule has 0 aromatic rings. The van der Waals surface area contributed by atoms with Crippen LogP contribution in [-0.2, 0) is 33.3 Å². The van der Waals surface area contributed by atoms with Gasteiger partial charge in [-0.3, -0.25) is 14.4 Å². The molecular formula is C26H44O7. The minimum atomic E-state index is -0.315. The van der Waals surface area contributed by atoms with Gasteiger partial charge in [-0.1, -0.05) is 32.3 Å². The molecule has 1 aliphatic rings. The minimum Gasteiger partial charge on any atom is -0.466 e. The van der Waals surface area contributed by atoms with Gasteiger partial charge in [-0.25, -0.2) is 0 Å². The molecule has 7 heteroatoms. The normalized spacial score (nSPS) is 22.5. The summed E-state index contributed by atoms with van der Waals surface area (Å²) in [6.07, 6.45) is 10.1. The highest BCUT2D eigenvalue weighted by atomic mass is 16.6. The lowest BCUT2D eigenvalue weighted by Crippen LogP contribution is -2.25. The first-order valence-electron chi connectivity index (χ1n) is 12.7. The topological polar surface area (TPSA) is 88.1 Å². The monoisotopic (exact) mass is 468 g/mol. The van der Waals surface area contributed by atoms with Gasteiger partial charge in [0.2, 0.25) is 0 Å². The molecule has 1 saturated carbocycles. The van der Waals surface area contributed by atoms with Gasteiger partial charge in [0.15, 0.2) is 5.78 Å². The molecular weight excluding hydrogens is 424 g/mol. The van der Waals surface area contributed by atoms with Crippen LogP contribution in [0.5, 0.6) is 0 Å². The molecule has 7 nitrogen and oxygen atoms in total. The van der Waals surface area contributed by atoms with E-state index in [1.165, 1.54) is 6.92 Å². The number of carbonyl (C=O) groups excluding carboxylic acids is 3. The van der Waals surface area contributed by atoms with Crippen molar-refractivity contribution in [2.24, 2.45) is 11.8 Å². The van der Waals surface area contributed by atoms with Crippen LogP contribution in [0.15, 0.2) is 12.2 Å². The average molecular weight is 469 g/mol. The van der Waals surface area contributed by atoms with Crippen molar-refractivity contribution < 1.29 is 33.3 Å². The Morgan fingerprint density at radius 1 is 0.909 bits per heavy atom. The van der Waals surface area contributed by atoms with E-state index in [0.717, 1.165) is 32.1 Å². The average Bonchev–Trinajstić information content (AvgIpc) is 3.08. The first-order chi connectivity index (χ1) is 15.9. The Morgan fingerprint density at radius 3 is 2.33 bits per heavy atom. The maximum absolute atomic E-state index is 12.4. The van der Waals surface area contributed by atoms with Crippen molar-refractivity contribution in [2.75, 3.05) is 26.4 Å². The fraction of sp³-hybridized carbons (Fsp3) is 0.808. The lowest BCUT2D eigenvalue weighted by atomic mass is 9.88. The first kappa shape index (κ1) is 29.3. The van der Waals surface area contributed by atoms with Gasteiger partial charge in [-0.2, -0.15) is 0 Å². The van der Waals surface area contributed by atoms with Crippen LogP contribution in [0, 0.1) is 11.8 Å². The number of carbonyl (C=O) groups is 3. The van der Waals surface area contributed by atoms with Crippen molar-refractivity contribution in [3.63, 3.8) is 0 Å². The number of hydrogen-bond donors (Lipinski definition) is 0. The second-order valence-corrected chi connectivity index (χ2v) is 8.56. The Kier molecular flexibility index (Phi) is 15.7. The van der Waals surface area contributed by atoms with Crippen LogP contribution in [0.2, 0.25) is 0 Å². The zero-order valence-electron chi connectivity index (χ0n) is 21.0. The van der Waals surface area contributed by atoms with Crippen LogP contribution < -0.4 is 0 Å². The molecule has 0 unspecified atom stereocenters. The van der Waals surface area contributed by atoms with Gasteiger partial charge < -0.3 is 18.9 Å². The van der Waals surface area contributed by atoms with Gasteiger partial charge in [0.25, 0.3) is 0 Å². The van der Waals surface area contributed by atoms with Crippen LogP contribution >= 0.6 is 0 Å². The van der Waals surface area contributed by atoms with Crippen molar-refractivity contribution in [3.05, 3.63) is 12.2 Å². The molecule has 0 bridgehead atoms. The number of unbranched alkanes of at least 4 members (excludes halogenated alkanes) is 3. The quantitative estimate of drug-likeness (QED) is 0.162. The van der Waals surface area contributed by atoms with E-state index in [2.05, 4.69) is 6.92 Å². The van der Waals surface area contributed by atoms with Crippen LogP contribution in [0.3, 0.4) is 0 Å². The summed E-state index contributed by atoms with van der Waals surface area (Å²) in [6.45, 7) is 9.24. The van der Waals surface area contributed by atoms with Crippen molar-refractivity contribution in [2.45, 2.75) is 97.7 Å². The molecule has 0 spiro atoms. The second kappa shape index (κ2) is 17.7. The van der Waals surface area contributed by atoms with E-state index in [0.29, 0.717) is 52.1 Å². The van der Waals surface area contributed by atoms with Crippen molar-refractivity contribution in [1.82, 2.24) is 0 Å². The lowest BCUT2D eigenvalue weighted by Gasteiger charge is -2.24. The Labute approximate surface area is 199 Å². The fourth-order valence-electron chi connectivity index (χ4n) is 4.39. The third kappa shape index (κ3) is 12.3. The zero-order valence-corrected chi connectivity index (χ0v) is 21.0. The maximum Gasteiger partial charge on any atom is 0.305 e. The zero-order chi connectivity index (χ0) is 24.5. The highest BCUT2D eigenvalue weighted by Crippen LogP contribution is 2.40. The van der Waals surface area contributed by atoms with E-state index in [-0.39, 0.29) is 41.8 Å². The molecule has 0 radical (unpaired) electrons.